The summed E-state index contributed by atoms with van der Waals surface area (Å²) < 4.78 is 18.9. The van der Waals surface area contributed by atoms with Crippen LogP contribution in [-0.4, -0.2) is 56.4 Å². The number of nitrogens with zero attached hydrogens (tertiary/aromatic N) is 1. The lowest BCUT2D eigenvalue weighted by Crippen LogP contribution is -2.44. The lowest BCUT2D eigenvalue weighted by atomic mass is 10.1. The molecule has 31 heavy (non-hydrogen) atoms. The molecule has 2 aromatic carbocycles. The Kier molecular flexibility index (Phi) is 7.35. The normalized spacial score (nSPS) is 14.3. The van der Waals surface area contributed by atoms with Crippen molar-refractivity contribution in [3.63, 3.8) is 0 Å². The van der Waals surface area contributed by atoms with E-state index < -0.39 is 11.4 Å². The van der Waals surface area contributed by atoms with Gasteiger partial charge in [-0.2, -0.15) is 0 Å². The molecule has 1 saturated heterocycles. The second-order valence-corrected chi connectivity index (χ2v) is 8.29. The van der Waals surface area contributed by atoms with Gasteiger partial charge in [-0.25, -0.2) is 4.39 Å². The zero-order valence-corrected chi connectivity index (χ0v) is 18.3. The molecule has 0 radical (unpaired) electrons. The molecule has 0 bridgehead atoms. The van der Waals surface area contributed by atoms with Crippen LogP contribution in [0.1, 0.15) is 29.8 Å². The van der Waals surface area contributed by atoms with E-state index in [1.54, 1.807) is 32.0 Å². The summed E-state index contributed by atoms with van der Waals surface area (Å²) >= 11 is 0. The van der Waals surface area contributed by atoms with Crippen molar-refractivity contribution < 1.29 is 19.0 Å². The summed E-state index contributed by atoms with van der Waals surface area (Å²) in [5.41, 5.74) is 1.91. The highest BCUT2D eigenvalue weighted by molar-refractivity contribution is 6.01. The van der Waals surface area contributed by atoms with E-state index in [2.05, 4.69) is 20.9 Å². The highest BCUT2D eigenvalue weighted by atomic mass is 19.1. The first kappa shape index (κ1) is 22.8. The van der Waals surface area contributed by atoms with Gasteiger partial charge in [-0.1, -0.05) is 6.07 Å². The van der Waals surface area contributed by atoms with Crippen LogP contribution >= 0.6 is 0 Å². The van der Waals surface area contributed by atoms with Crippen LogP contribution in [0.25, 0.3) is 0 Å². The average molecular weight is 431 g/mol. The van der Waals surface area contributed by atoms with Gasteiger partial charge in [-0.15, -0.1) is 0 Å². The highest BCUT2D eigenvalue weighted by Gasteiger charge is 2.21. The summed E-state index contributed by atoms with van der Waals surface area (Å²) in [6.45, 7) is 7.18. The molecule has 1 fully saturated rings. The van der Waals surface area contributed by atoms with Gasteiger partial charge in [0.15, 0.2) is 11.6 Å². The second kappa shape index (κ2) is 9.98. The average Bonchev–Trinajstić information content (AvgIpc) is 2.76. The molecule has 168 valence electrons. The molecule has 0 aliphatic carbocycles. The lowest BCUT2D eigenvalue weighted by molar-refractivity contribution is 0.0694. The fourth-order valence-electron chi connectivity index (χ4n) is 3.43. The smallest absolute Gasteiger partial charge is 0.253 e. The maximum absolute atomic E-state index is 13.9. The number of piperazine rings is 1. The van der Waals surface area contributed by atoms with Crippen molar-refractivity contribution in [2.45, 2.75) is 26.0 Å². The number of hydrogen-bond donors (Lipinski definition) is 4. The number of hydrogen-bond acceptors (Lipinski definition) is 6. The third kappa shape index (κ3) is 6.32. The van der Waals surface area contributed by atoms with Crippen LogP contribution in [-0.2, 0) is 6.54 Å². The van der Waals surface area contributed by atoms with Crippen LogP contribution in [0.2, 0.25) is 0 Å². The molecule has 0 unspecified atom stereocenters. The van der Waals surface area contributed by atoms with Gasteiger partial charge in [-0.3, -0.25) is 4.79 Å². The number of rotatable bonds is 8. The topological polar surface area (TPSA) is 85.9 Å². The predicted molar refractivity (Wildman–Crippen MR) is 120 cm³/mol. The van der Waals surface area contributed by atoms with Crippen molar-refractivity contribution in [3.05, 3.63) is 53.3 Å². The monoisotopic (exact) mass is 430 g/mol. The van der Waals surface area contributed by atoms with Gasteiger partial charge in [0.1, 0.15) is 0 Å². The summed E-state index contributed by atoms with van der Waals surface area (Å²) in [7, 11) is 1.43. The molecule has 3 rings (SSSR count). The zero-order chi connectivity index (χ0) is 22.4. The van der Waals surface area contributed by atoms with Crippen LogP contribution in [0.3, 0.4) is 0 Å². The molecule has 0 spiro atoms. The number of halogens is 1. The van der Waals surface area contributed by atoms with Crippen LogP contribution in [0.5, 0.6) is 5.75 Å². The third-order valence-electron chi connectivity index (χ3n) is 5.09. The number of carbonyl (C=O) groups excluding carboxylic acids is 1. The number of nitrogens with one attached hydrogen (secondary N) is 3. The Balaban J connectivity index is 1.79. The van der Waals surface area contributed by atoms with Crippen LogP contribution in [0.15, 0.2) is 36.4 Å². The number of methoxy groups -OCH3 is 1. The molecule has 4 N–H and O–H groups in total. The molecule has 0 saturated carbocycles. The molecular weight excluding hydrogens is 399 g/mol. The van der Waals surface area contributed by atoms with Gasteiger partial charge in [0.25, 0.3) is 5.91 Å². The van der Waals surface area contributed by atoms with Crippen molar-refractivity contribution in [2.24, 2.45) is 0 Å². The van der Waals surface area contributed by atoms with Crippen LogP contribution in [0.4, 0.5) is 15.8 Å². The Hall–Kier alpha value is -2.84. The minimum atomic E-state index is -1.00. The molecule has 1 heterocycles. The van der Waals surface area contributed by atoms with Crippen LogP contribution in [0, 0.1) is 5.82 Å². The minimum Gasteiger partial charge on any atom is -0.494 e. The van der Waals surface area contributed by atoms with Gasteiger partial charge < -0.3 is 30.7 Å². The first-order valence-electron chi connectivity index (χ1n) is 10.4. The lowest BCUT2D eigenvalue weighted by Gasteiger charge is -2.31. The fourth-order valence-corrected chi connectivity index (χ4v) is 3.43. The van der Waals surface area contributed by atoms with Crippen molar-refractivity contribution in [2.75, 3.05) is 50.1 Å². The number of carbonyl (C=O) groups is 1. The first-order chi connectivity index (χ1) is 14.8. The van der Waals surface area contributed by atoms with Gasteiger partial charge in [0.05, 0.1) is 18.3 Å². The van der Waals surface area contributed by atoms with Crippen molar-refractivity contribution in [1.29, 1.82) is 0 Å². The second-order valence-electron chi connectivity index (χ2n) is 8.29. The molecular formula is C23H31FN4O3. The minimum absolute atomic E-state index is 0.148. The standard InChI is InChI=1S/C23H31FN4O3/c1-23(2,30)15-27-22(29)18-13-17(5-6-20(18)28-10-8-25-9-11-28)26-14-16-4-7-21(31-3)19(24)12-16/h4-7,12-13,25-26,30H,8-11,14-15H2,1-3H3,(H,27,29). The van der Waals surface area contributed by atoms with E-state index in [4.69, 9.17) is 4.74 Å². The summed E-state index contributed by atoms with van der Waals surface area (Å²) in [6.07, 6.45) is 0. The Labute approximate surface area is 182 Å². The van der Waals surface area contributed by atoms with Gasteiger partial charge in [0, 0.05) is 50.6 Å². The molecule has 1 aliphatic heterocycles. The van der Waals surface area contributed by atoms with E-state index in [1.165, 1.54) is 13.2 Å². The Bertz CT molecular complexity index is 908. The van der Waals surface area contributed by atoms with E-state index in [1.807, 2.05) is 12.1 Å². The fraction of sp³-hybridized carbons (Fsp3) is 0.435. The summed E-state index contributed by atoms with van der Waals surface area (Å²) in [4.78, 5) is 15.1. The first-order valence-corrected chi connectivity index (χ1v) is 10.4. The molecule has 1 aliphatic rings. The SMILES string of the molecule is COc1ccc(CNc2ccc(N3CCNCC3)c(C(=O)NCC(C)(C)O)c2)cc1F. The van der Waals surface area contributed by atoms with Crippen molar-refractivity contribution >= 4 is 17.3 Å². The molecule has 8 heteroatoms. The highest BCUT2D eigenvalue weighted by Crippen LogP contribution is 2.26. The maximum Gasteiger partial charge on any atom is 0.253 e. The van der Waals surface area contributed by atoms with E-state index >= 15 is 0 Å². The Morgan fingerprint density at radius 1 is 1.23 bits per heavy atom. The van der Waals surface area contributed by atoms with E-state index in [0.29, 0.717) is 12.1 Å². The predicted octanol–water partition coefficient (Wildman–Crippen LogP) is 2.36. The van der Waals surface area contributed by atoms with Gasteiger partial charge >= 0.3 is 0 Å². The maximum atomic E-state index is 13.9. The number of anilines is 2. The zero-order valence-electron chi connectivity index (χ0n) is 18.3. The largest absolute Gasteiger partial charge is 0.494 e. The number of amides is 1. The quantitative estimate of drug-likeness (QED) is 0.515. The van der Waals surface area contributed by atoms with Gasteiger partial charge in [-0.05, 0) is 49.7 Å². The van der Waals surface area contributed by atoms with Crippen molar-refractivity contribution in [1.82, 2.24) is 10.6 Å². The Morgan fingerprint density at radius 3 is 2.61 bits per heavy atom. The molecule has 1 amide bonds. The molecule has 0 atom stereocenters. The Morgan fingerprint density at radius 2 is 1.97 bits per heavy atom. The molecule has 7 nitrogen and oxygen atoms in total. The van der Waals surface area contributed by atoms with Gasteiger partial charge in [0.2, 0.25) is 0 Å². The number of aliphatic hydroxyl groups is 1. The van der Waals surface area contributed by atoms with Crippen molar-refractivity contribution in [3.8, 4) is 5.75 Å². The van der Waals surface area contributed by atoms with E-state index in [0.717, 1.165) is 43.1 Å². The number of benzene rings is 2. The van der Waals surface area contributed by atoms with E-state index in [9.17, 15) is 14.3 Å². The molecule has 0 aromatic heterocycles. The van der Waals surface area contributed by atoms with Crippen LogP contribution < -0.4 is 25.6 Å². The summed E-state index contributed by atoms with van der Waals surface area (Å²) in [5.74, 6) is -0.452. The summed E-state index contributed by atoms with van der Waals surface area (Å²) in [5, 5.41) is 19.4. The molecule has 2 aromatic rings. The van der Waals surface area contributed by atoms with E-state index in [-0.39, 0.29) is 18.2 Å². The number of ether oxygens (including phenoxy) is 1. The third-order valence-corrected chi connectivity index (χ3v) is 5.09. The summed E-state index contributed by atoms with van der Waals surface area (Å²) in [6, 6.07) is 10.5.